The van der Waals surface area contributed by atoms with Gasteiger partial charge in [-0.2, -0.15) is 5.10 Å². The molecule has 102 valence electrons. The Morgan fingerprint density at radius 1 is 1.47 bits per heavy atom. The van der Waals surface area contributed by atoms with Crippen molar-refractivity contribution in [1.82, 2.24) is 20.1 Å². The first-order valence-corrected chi connectivity index (χ1v) is 7.45. The van der Waals surface area contributed by atoms with Crippen LogP contribution in [0.5, 0.6) is 0 Å². The predicted molar refractivity (Wildman–Crippen MR) is 71.5 cm³/mol. The van der Waals surface area contributed by atoms with Crippen LogP contribution in [0.2, 0.25) is 0 Å². The van der Waals surface area contributed by atoms with Crippen molar-refractivity contribution in [2.24, 2.45) is 36.6 Å². The van der Waals surface area contributed by atoms with Crippen molar-refractivity contribution >= 4 is 18.1 Å². The van der Waals surface area contributed by atoms with Crippen molar-refractivity contribution in [3.8, 4) is 0 Å². The van der Waals surface area contributed by atoms with E-state index in [0.717, 1.165) is 17.7 Å². The van der Waals surface area contributed by atoms with E-state index < -0.39 is 0 Å². The summed E-state index contributed by atoms with van der Waals surface area (Å²) in [5.41, 5.74) is 0. The van der Waals surface area contributed by atoms with Gasteiger partial charge in [0.15, 0.2) is 10.6 Å². The highest BCUT2D eigenvalue weighted by atomic mass is 32.1. The Hall–Kier alpha value is -1.17. The highest BCUT2D eigenvalue weighted by Crippen LogP contribution is 2.69. The quantitative estimate of drug-likeness (QED) is 0.821. The molecule has 6 heteroatoms. The average molecular weight is 278 g/mol. The lowest BCUT2D eigenvalue weighted by atomic mass is 10.0. The molecule has 1 aromatic heterocycles. The molecule has 19 heavy (non-hydrogen) atoms. The van der Waals surface area contributed by atoms with Gasteiger partial charge >= 0.3 is 0 Å². The number of carbonyl (C=O) groups is 1. The Labute approximate surface area is 116 Å². The molecule has 5 nitrogen and oxygen atoms in total. The van der Waals surface area contributed by atoms with Gasteiger partial charge < -0.3 is 9.88 Å². The number of nitrogens with one attached hydrogen (secondary N) is 2. The van der Waals surface area contributed by atoms with Crippen molar-refractivity contribution < 1.29 is 4.79 Å². The van der Waals surface area contributed by atoms with Gasteiger partial charge in [0.05, 0.1) is 6.54 Å². The summed E-state index contributed by atoms with van der Waals surface area (Å²) in [7, 11) is 1.86. The van der Waals surface area contributed by atoms with Crippen LogP contribution >= 0.6 is 12.2 Å². The summed E-state index contributed by atoms with van der Waals surface area (Å²) in [4.78, 5) is 12.2. The summed E-state index contributed by atoms with van der Waals surface area (Å²) in [5.74, 6) is 4.37. The zero-order valence-electron chi connectivity index (χ0n) is 10.9. The highest BCUT2D eigenvalue weighted by molar-refractivity contribution is 7.71. The molecule has 4 rings (SSSR count). The lowest BCUT2D eigenvalue weighted by molar-refractivity contribution is -0.123. The molecule has 4 unspecified atom stereocenters. The van der Waals surface area contributed by atoms with E-state index in [0.29, 0.717) is 29.1 Å². The molecule has 4 atom stereocenters. The van der Waals surface area contributed by atoms with Crippen LogP contribution in [0.1, 0.15) is 25.1 Å². The molecule has 0 aromatic carbocycles. The number of nitrogens with zero attached hydrogens (tertiary/aromatic N) is 2. The van der Waals surface area contributed by atoms with Gasteiger partial charge in [-0.15, -0.1) is 0 Å². The topological polar surface area (TPSA) is 62.7 Å². The van der Waals surface area contributed by atoms with Crippen LogP contribution < -0.4 is 5.32 Å². The van der Waals surface area contributed by atoms with Crippen LogP contribution in [0.25, 0.3) is 0 Å². The molecule has 0 radical (unpaired) electrons. The Balaban J connectivity index is 1.39. The fraction of sp³-hybridized carbons (Fsp3) is 0.769. The standard InChI is InChI=1S/C13H18N4OS/c1-17-8(15-16-13(17)19)5-14-12(18)11-9-6-2-3-7(4-6)10(9)11/h6-7,9-11H,2-5H2,1H3,(H,14,18)(H,16,19). The first-order chi connectivity index (χ1) is 9.16. The van der Waals surface area contributed by atoms with E-state index in [1.807, 2.05) is 7.05 Å². The number of hydrogen-bond acceptors (Lipinski definition) is 3. The van der Waals surface area contributed by atoms with E-state index in [2.05, 4.69) is 15.5 Å². The normalized spacial score (nSPS) is 38.3. The van der Waals surface area contributed by atoms with Crippen LogP contribution in [0, 0.1) is 34.4 Å². The summed E-state index contributed by atoms with van der Waals surface area (Å²) >= 11 is 5.05. The zero-order chi connectivity index (χ0) is 13.1. The third-order valence-corrected chi connectivity index (χ3v) is 5.80. The number of aromatic nitrogens is 3. The van der Waals surface area contributed by atoms with E-state index in [9.17, 15) is 4.79 Å². The summed E-state index contributed by atoms with van der Waals surface area (Å²) < 4.78 is 2.39. The van der Waals surface area contributed by atoms with Gasteiger partial charge in [-0.25, -0.2) is 0 Å². The molecule has 3 aliphatic rings. The largest absolute Gasteiger partial charge is 0.349 e. The molecule has 2 bridgehead atoms. The van der Waals surface area contributed by atoms with Crippen LogP contribution in [0.4, 0.5) is 0 Å². The number of hydrogen-bond donors (Lipinski definition) is 2. The van der Waals surface area contributed by atoms with Gasteiger partial charge in [0, 0.05) is 13.0 Å². The Morgan fingerprint density at radius 2 is 2.16 bits per heavy atom. The van der Waals surface area contributed by atoms with E-state index >= 15 is 0 Å². The smallest absolute Gasteiger partial charge is 0.224 e. The summed E-state index contributed by atoms with van der Waals surface area (Å²) in [6, 6.07) is 0. The molecule has 2 N–H and O–H groups in total. The van der Waals surface area contributed by atoms with Gasteiger partial charge in [0.25, 0.3) is 0 Å². The van der Waals surface area contributed by atoms with Crippen molar-refractivity contribution in [3.63, 3.8) is 0 Å². The molecular weight excluding hydrogens is 260 g/mol. The minimum atomic E-state index is 0.223. The first kappa shape index (κ1) is 11.6. The fourth-order valence-electron chi connectivity index (χ4n) is 4.50. The maximum Gasteiger partial charge on any atom is 0.224 e. The molecule has 3 saturated carbocycles. The lowest BCUT2D eigenvalue weighted by Gasteiger charge is -2.09. The van der Waals surface area contributed by atoms with E-state index in [1.54, 1.807) is 4.57 Å². The van der Waals surface area contributed by atoms with Crippen molar-refractivity contribution in [2.45, 2.75) is 25.8 Å². The maximum absolute atomic E-state index is 12.2. The maximum atomic E-state index is 12.2. The minimum absolute atomic E-state index is 0.223. The molecule has 1 aromatic rings. The van der Waals surface area contributed by atoms with E-state index in [4.69, 9.17) is 12.2 Å². The average Bonchev–Trinajstić information content (AvgIpc) is 2.67. The summed E-state index contributed by atoms with van der Waals surface area (Å²) in [6.07, 6.45) is 4.08. The lowest BCUT2D eigenvalue weighted by Crippen LogP contribution is -2.28. The van der Waals surface area contributed by atoms with E-state index in [1.165, 1.54) is 19.3 Å². The van der Waals surface area contributed by atoms with Gasteiger partial charge in [0.1, 0.15) is 0 Å². The second-order valence-electron chi connectivity index (χ2n) is 6.24. The third kappa shape index (κ3) is 1.62. The number of rotatable bonds is 3. The second-order valence-corrected chi connectivity index (χ2v) is 6.62. The van der Waals surface area contributed by atoms with Gasteiger partial charge in [-0.05, 0) is 55.2 Å². The van der Waals surface area contributed by atoms with Crippen LogP contribution in [-0.2, 0) is 18.4 Å². The Bertz CT molecular complexity index is 576. The van der Waals surface area contributed by atoms with Gasteiger partial charge in [0.2, 0.25) is 5.91 Å². The Morgan fingerprint density at radius 3 is 2.74 bits per heavy atom. The molecule has 1 heterocycles. The van der Waals surface area contributed by atoms with Crippen LogP contribution in [0.15, 0.2) is 0 Å². The fourth-order valence-corrected chi connectivity index (χ4v) is 4.65. The summed E-state index contributed by atoms with van der Waals surface area (Å²) in [6.45, 7) is 0.466. The number of aromatic amines is 1. The summed E-state index contributed by atoms with van der Waals surface area (Å²) in [5, 5.41) is 9.87. The number of amides is 1. The van der Waals surface area contributed by atoms with Gasteiger partial charge in [-0.3, -0.25) is 9.89 Å². The Kier molecular flexibility index (Phi) is 2.40. The zero-order valence-corrected chi connectivity index (χ0v) is 11.7. The molecule has 3 aliphatic carbocycles. The van der Waals surface area contributed by atoms with Crippen molar-refractivity contribution in [1.29, 1.82) is 0 Å². The SMILES string of the molecule is Cn1c(CNC(=O)C2C3C4CCC(C4)C23)n[nH]c1=S. The van der Waals surface area contributed by atoms with Gasteiger partial charge in [-0.1, -0.05) is 0 Å². The first-order valence-electron chi connectivity index (χ1n) is 7.05. The molecule has 0 saturated heterocycles. The highest BCUT2D eigenvalue weighted by Gasteiger charge is 2.67. The molecule has 3 fully saturated rings. The van der Waals surface area contributed by atoms with Crippen LogP contribution in [0.3, 0.4) is 0 Å². The minimum Gasteiger partial charge on any atom is -0.349 e. The number of H-pyrrole nitrogens is 1. The van der Waals surface area contributed by atoms with E-state index in [-0.39, 0.29) is 5.91 Å². The van der Waals surface area contributed by atoms with Crippen molar-refractivity contribution in [3.05, 3.63) is 10.6 Å². The molecule has 0 spiro atoms. The predicted octanol–water partition coefficient (Wildman–Crippen LogP) is 1.39. The number of carbonyl (C=O) groups excluding carboxylic acids is 1. The van der Waals surface area contributed by atoms with Crippen molar-refractivity contribution in [2.75, 3.05) is 0 Å². The van der Waals surface area contributed by atoms with Crippen LogP contribution in [-0.4, -0.2) is 20.7 Å². The number of fused-ring (bicyclic) bond motifs is 5. The second kappa shape index (κ2) is 3.91. The third-order valence-electron chi connectivity index (χ3n) is 5.43. The molecular formula is C13H18N4OS. The monoisotopic (exact) mass is 278 g/mol. The molecule has 0 aliphatic heterocycles. The molecule has 1 amide bonds.